The Morgan fingerprint density at radius 1 is 1.23 bits per heavy atom. The van der Waals surface area contributed by atoms with Crippen LogP contribution in [0.25, 0.3) is 10.9 Å². The molecule has 0 radical (unpaired) electrons. The Morgan fingerprint density at radius 3 is 2.49 bits per heavy atom. The van der Waals surface area contributed by atoms with Gasteiger partial charge in [0.05, 0.1) is 22.8 Å². The predicted molar refractivity (Wildman–Crippen MR) is 123 cm³/mol. The van der Waals surface area contributed by atoms with Crippen LogP contribution in [0.5, 0.6) is 0 Å². The van der Waals surface area contributed by atoms with Crippen LogP contribution < -0.4 is 10.6 Å². The van der Waals surface area contributed by atoms with E-state index in [1.807, 2.05) is 10.9 Å². The maximum Gasteiger partial charge on any atom is 0.574 e. The summed E-state index contributed by atoms with van der Waals surface area (Å²) < 4.78 is 45.7. The molecule has 1 aromatic carbocycles. The van der Waals surface area contributed by atoms with Gasteiger partial charge in [-0.1, -0.05) is 12.2 Å². The third-order valence-electron chi connectivity index (χ3n) is 6.57. The molecule has 1 fully saturated rings. The first-order valence-corrected chi connectivity index (χ1v) is 11.5. The lowest BCUT2D eigenvalue weighted by atomic mass is 9.87. The van der Waals surface area contributed by atoms with Gasteiger partial charge in [0.15, 0.2) is 0 Å². The fourth-order valence-electron chi connectivity index (χ4n) is 4.79. The average Bonchev–Trinajstić information content (AvgIpc) is 3.19. The molecule has 190 valence electrons. The zero-order valence-corrected chi connectivity index (χ0v) is 19.5. The van der Waals surface area contributed by atoms with Crippen molar-refractivity contribution in [3.05, 3.63) is 48.0 Å². The van der Waals surface area contributed by atoms with E-state index >= 15 is 0 Å². The molecule has 1 atom stereocenters. The van der Waals surface area contributed by atoms with E-state index < -0.39 is 29.8 Å². The van der Waals surface area contributed by atoms with Crippen LogP contribution in [-0.2, 0) is 15.1 Å². The van der Waals surface area contributed by atoms with Crippen LogP contribution in [0, 0.1) is 5.92 Å². The number of fused-ring (bicyclic) bond motifs is 1. The smallest absolute Gasteiger partial charge is 0.396 e. The van der Waals surface area contributed by atoms with Gasteiger partial charge in [0, 0.05) is 23.8 Å². The van der Waals surface area contributed by atoms with Gasteiger partial charge in [0.2, 0.25) is 11.8 Å². The second kappa shape index (κ2) is 9.19. The summed E-state index contributed by atoms with van der Waals surface area (Å²) in [4.78, 5) is 13.3. The van der Waals surface area contributed by atoms with E-state index in [0.717, 1.165) is 36.7 Å². The van der Waals surface area contributed by atoms with Gasteiger partial charge in [-0.05, 0) is 63.7 Å². The van der Waals surface area contributed by atoms with E-state index in [1.54, 1.807) is 12.1 Å². The molecule has 0 spiro atoms. The highest BCUT2D eigenvalue weighted by atomic mass is 19.4. The van der Waals surface area contributed by atoms with E-state index in [1.165, 1.54) is 26.0 Å². The van der Waals surface area contributed by atoms with Gasteiger partial charge in [-0.2, -0.15) is 5.10 Å². The van der Waals surface area contributed by atoms with Gasteiger partial charge in [-0.15, -0.1) is 13.2 Å². The molecule has 4 rings (SSSR count). The fraction of sp³-hybridized carbons (Fsp3) is 0.500. The van der Waals surface area contributed by atoms with Crippen LogP contribution in [-0.4, -0.2) is 44.9 Å². The molecule has 4 N–H and O–H groups in total. The molecule has 0 bridgehead atoms. The number of rotatable bonds is 6. The lowest BCUT2D eigenvalue weighted by Gasteiger charge is -2.36. The van der Waals surface area contributed by atoms with Crippen molar-refractivity contribution in [1.82, 2.24) is 9.78 Å². The number of aliphatic hydroxyl groups excluding tert-OH is 1. The van der Waals surface area contributed by atoms with Crippen molar-refractivity contribution in [2.45, 2.75) is 63.6 Å². The normalized spacial score (nSPS) is 23.5. The summed E-state index contributed by atoms with van der Waals surface area (Å²) in [6.07, 6.45) is 3.98. The second-order valence-electron chi connectivity index (χ2n) is 9.61. The number of aromatic nitrogens is 2. The molecule has 8 nitrogen and oxygen atoms in total. The van der Waals surface area contributed by atoms with Crippen molar-refractivity contribution >= 4 is 22.5 Å². The lowest BCUT2D eigenvalue weighted by molar-refractivity contribution is -0.306. The Bertz CT molecular complexity index is 1160. The topological polar surface area (TPSA) is 114 Å². The highest BCUT2D eigenvalue weighted by Crippen LogP contribution is 2.40. The predicted octanol–water partition coefficient (Wildman–Crippen LogP) is 3.60. The molecule has 1 unspecified atom stereocenters. The van der Waals surface area contributed by atoms with Gasteiger partial charge >= 0.3 is 6.36 Å². The summed E-state index contributed by atoms with van der Waals surface area (Å²) in [7, 11) is 0. The van der Waals surface area contributed by atoms with Crippen molar-refractivity contribution in [1.29, 1.82) is 0 Å². The first-order valence-electron chi connectivity index (χ1n) is 11.5. The van der Waals surface area contributed by atoms with Crippen molar-refractivity contribution < 1.29 is 32.9 Å². The summed E-state index contributed by atoms with van der Waals surface area (Å²) in [6.45, 7) is 3.16. The number of hydrogen-bond acceptors (Lipinski definition) is 6. The first-order chi connectivity index (χ1) is 16.4. The average molecular weight is 495 g/mol. The Morgan fingerprint density at radius 2 is 1.91 bits per heavy atom. The summed E-state index contributed by atoms with van der Waals surface area (Å²) in [5, 5.41) is 25.6. The van der Waals surface area contributed by atoms with Gasteiger partial charge in [0.25, 0.3) is 0 Å². The minimum absolute atomic E-state index is 0.125. The number of alkyl halides is 3. The molecule has 1 aromatic heterocycles. The number of amides is 1. The molecule has 2 aromatic rings. The molecular formula is C24H29F3N4O4. The first kappa shape index (κ1) is 25.1. The zero-order valence-electron chi connectivity index (χ0n) is 19.5. The fourth-order valence-corrected chi connectivity index (χ4v) is 4.79. The van der Waals surface area contributed by atoms with Gasteiger partial charge in [0.1, 0.15) is 6.04 Å². The number of aliphatic hydroxyl groups is 2. The third kappa shape index (κ3) is 5.30. The largest absolute Gasteiger partial charge is 0.574 e. The maximum absolute atomic E-state index is 13.2. The number of anilines is 1. The maximum atomic E-state index is 13.2. The van der Waals surface area contributed by atoms with E-state index in [0.29, 0.717) is 10.9 Å². The number of hydrogen-bond donors (Lipinski definition) is 3. The highest BCUT2D eigenvalue weighted by Gasteiger charge is 2.39. The number of halogens is 3. The number of allylic oxidation sites excluding steroid dienone is 2. The summed E-state index contributed by atoms with van der Waals surface area (Å²) in [5.41, 5.74) is 5.01. The molecule has 35 heavy (non-hydrogen) atoms. The van der Waals surface area contributed by atoms with Crippen LogP contribution in [0.3, 0.4) is 0 Å². The summed E-state index contributed by atoms with van der Waals surface area (Å²) in [5.74, 6) is -1.24. The quantitative estimate of drug-likeness (QED) is 0.566. The van der Waals surface area contributed by atoms with E-state index in [4.69, 9.17) is 5.73 Å². The number of ether oxygens (including phenoxy) is 1. The Balaban J connectivity index is 1.82. The van der Waals surface area contributed by atoms with Crippen molar-refractivity contribution in [2.24, 2.45) is 11.7 Å². The van der Waals surface area contributed by atoms with Crippen LogP contribution in [0.2, 0.25) is 0 Å². The standard InChI is InChI=1S/C24H29F3N4O4/c1-23(2,34)17-11-18-15(12-30(29-18)16-8-6-14(13-32)7-9-16)10-20(17)31-19(22(28)33)4-3-5-21(31)35-24(25,26)27/h3-5,10-12,14,16,19,32,34H,6-9,13H2,1-2H3,(H2,28,33). The summed E-state index contributed by atoms with van der Waals surface area (Å²) >= 11 is 0. The number of primary amides is 1. The van der Waals surface area contributed by atoms with Gasteiger partial charge < -0.3 is 20.7 Å². The molecule has 11 heteroatoms. The van der Waals surface area contributed by atoms with Crippen molar-refractivity contribution in [3.63, 3.8) is 0 Å². The lowest BCUT2D eigenvalue weighted by Crippen LogP contribution is -2.46. The second-order valence-corrected chi connectivity index (χ2v) is 9.61. The van der Waals surface area contributed by atoms with E-state index in [2.05, 4.69) is 9.84 Å². The molecule has 1 amide bonds. The van der Waals surface area contributed by atoms with Gasteiger partial charge in [-0.25, -0.2) is 0 Å². The minimum Gasteiger partial charge on any atom is -0.396 e. The Hall–Kier alpha value is -3.05. The van der Waals surface area contributed by atoms with Crippen molar-refractivity contribution in [2.75, 3.05) is 11.5 Å². The van der Waals surface area contributed by atoms with E-state index in [9.17, 15) is 28.2 Å². The zero-order chi connectivity index (χ0) is 25.5. The molecule has 1 aliphatic carbocycles. The Labute approximate surface area is 200 Å². The number of nitrogens with zero attached hydrogens (tertiary/aromatic N) is 3. The Kier molecular flexibility index (Phi) is 6.58. The number of benzene rings is 1. The third-order valence-corrected chi connectivity index (χ3v) is 6.57. The van der Waals surface area contributed by atoms with E-state index in [-0.39, 0.29) is 29.8 Å². The molecule has 0 saturated heterocycles. The summed E-state index contributed by atoms with van der Waals surface area (Å²) in [6, 6.07) is 2.07. The highest BCUT2D eigenvalue weighted by molar-refractivity contribution is 5.91. The minimum atomic E-state index is -5.01. The molecular weight excluding hydrogens is 465 g/mol. The van der Waals surface area contributed by atoms with Gasteiger partial charge in [-0.3, -0.25) is 14.4 Å². The SMILES string of the molecule is CC(C)(O)c1cc2nn(C3CCC(CO)CC3)cc2cc1N1C(OC(F)(F)F)=CC=CC1C(N)=O. The van der Waals surface area contributed by atoms with Crippen LogP contribution in [0.15, 0.2) is 42.4 Å². The monoisotopic (exact) mass is 494 g/mol. The number of nitrogens with two attached hydrogens (primary N) is 1. The molecule has 2 heterocycles. The molecule has 1 saturated carbocycles. The van der Waals surface area contributed by atoms with Crippen molar-refractivity contribution in [3.8, 4) is 0 Å². The van der Waals surface area contributed by atoms with Crippen LogP contribution in [0.1, 0.15) is 51.1 Å². The molecule has 2 aliphatic rings. The number of carbonyl (C=O) groups excluding carboxylic acids is 1. The molecule has 1 aliphatic heterocycles. The van der Waals surface area contributed by atoms with Crippen LogP contribution in [0.4, 0.5) is 18.9 Å². The van der Waals surface area contributed by atoms with Crippen LogP contribution >= 0.6 is 0 Å². The number of carbonyl (C=O) groups is 1.